The molecule has 2 heterocycles. The zero-order valence-electron chi connectivity index (χ0n) is 10.4. The number of carbonyl (C=O) groups excluding carboxylic acids is 1. The van der Waals surface area contributed by atoms with Crippen molar-refractivity contribution < 1.29 is 4.79 Å². The molecule has 0 bridgehead atoms. The molecule has 1 aromatic rings. The van der Waals surface area contributed by atoms with Crippen LogP contribution in [0.15, 0.2) is 12.3 Å². The maximum Gasteiger partial charge on any atom is 0.220 e. The summed E-state index contributed by atoms with van der Waals surface area (Å²) in [4.78, 5) is 11.0. The third-order valence-corrected chi connectivity index (χ3v) is 3.03. The van der Waals surface area contributed by atoms with Crippen molar-refractivity contribution in [3.05, 3.63) is 18.0 Å². The van der Waals surface area contributed by atoms with Crippen LogP contribution in [0.3, 0.4) is 0 Å². The summed E-state index contributed by atoms with van der Waals surface area (Å²) in [6.45, 7) is 5.71. The van der Waals surface area contributed by atoms with Crippen LogP contribution in [-0.4, -0.2) is 28.3 Å². The van der Waals surface area contributed by atoms with Crippen LogP contribution in [0.4, 0.5) is 0 Å². The number of aromatic nitrogens is 2. The van der Waals surface area contributed by atoms with Gasteiger partial charge in [0.25, 0.3) is 0 Å². The van der Waals surface area contributed by atoms with Crippen LogP contribution in [0.25, 0.3) is 0 Å². The highest BCUT2D eigenvalue weighted by Gasteiger charge is 2.17. The van der Waals surface area contributed by atoms with Crippen LogP contribution < -0.4 is 10.6 Å². The molecule has 17 heavy (non-hydrogen) atoms. The molecule has 1 saturated heterocycles. The number of hydrogen-bond donors (Lipinski definition) is 2. The van der Waals surface area contributed by atoms with Crippen molar-refractivity contribution in [2.75, 3.05) is 6.54 Å². The second-order valence-electron chi connectivity index (χ2n) is 4.80. The van der Waals surface area contributed by atoms with Crippen LogP contribution in [-0.2, 0) is 11.3 Å². The lowest BCUT2D eigenvalue weighted by atomic mass is 10.1. The molecule has 1 aliphatic rings. The third kappa shape index (κ3) is 3.30. The first-order valence-corrected chi connectivity index (χ1v) is 6.19. The van der Waals surface area contributed by atoms with Gasteiger partial charge < -0.3 is 10.6 Å². The van der Waals surface area contributed by atoms with E-state index in [9.17, 15) is 4.79 Å². The average Bonchev–Trinajstić information content (AvgIpc) is 2.77. The maximum absolute atomic E-state index is 11.0. The van der Waals surface area contributed by atoms with Gasteiger partial charge in [-0.05, 0) is 26.3 Å². The van der Waals surface area contributed by atoms with Crippen molar-refractivity contribution in [2.45, 2.75) is 45.3 Å². The number of nitrogens with zero attached hydrogens (tertiary/aromatic N) is 2. The van der Waals surface area contributed by atoms with Crippen LogP contribution in [0.1, 0.15) is 38.4 Å². The molecule has 0 aromatic carbocycles. The van der Waals surface area contributed by atoms with E-state index in [1.807, 2.05) is 16.9 Å². The van der Waals surface area contributed by atoms with Gasteiger partial charge in [-0.3, -0.25) is 9.48 Å². The summed E-state index contributed by atoms with van der Waals surface area (Å²) in [7, 11) is 0. The van der Waals surface area contributed by atoms with E-state index in [4.69, 9.17) is 0 Å². The largest absolute Gasteiger partial charge is 0.355 e. The van der Waals surface area contributed by atoms with Crippen LogP contribution in [0.2, 0.25) is 0 Å². The Bertz CT molecular complexity index is 376. The van der Waals surface area contributed by atoms with Gasteiger partial charge in [-0.15, -0.1) is 0 Å². The first kappa shape index (κ1) is 12.1. The second-order valence-corrected chi connectivity index (χ2v) is 4.80. The predicted molar refractivity (Wildman–Crippen MR) is 65.5 cm³/mol. The summed E-state index contributed by atoms with van der Waals surface area (Å²) < 4.78 is 1.96. The minimum atomic E-state index is 0.159. The van der Waals surface area contributed by atoms with Gasteiger partial charge in [0, 0.05) is 37.8 Å². The molecule has 0 saturated carbocycles. The molecular weight excluding hydrogens is 216 g/mol. The van der Waals surface area contributed by atoms with E-state index < -0.39 is 0 Å². The minimum absolute atomic E-state index is 0.159. The summed E-state index contributed by atoms with van der Waals surface area (Å²) in [5.41, 5.74) is 1.05. The Balaban J connectivity index is 1.79. The van der Waals surface area contributed by atoms with Gasteiger partial charge >= 0.3 is 0 Å². The van der Waals surface area contributed by atoms with E-state index in [-0.39, 0.29) is 5.91 Å². The van der Waals surface area contributed by atoms with Gasteiger partial charge in [0.05, 0.1) is 5.69 Å². The Morgan fingerprint density at radius 2 is 2.47 bits per heavy atom. The van der Waals surface area contributed by atoms with E-state index in [1.165, 1.54) is 0 Å². The first-order valence-electron chi connectivity index (χ1n) is 6.19. The molecule has 1 aliphatic heterocycles. The van der Waals surface area contributed by atoms with E-state index in [2.05, 4.69) is 29.6 Å². The summed E-state index contributed by atoms with van der Waals surface area (Å²) >= 11 is 0. The highest BCUT2D eigenvalue weighted by molar-refractivity contribution is 5.76. The fourth-order valence-electron chi connectivity index (χ4n) is 1.92. The summed E-state index contributed by atoms with van der Waals surface area (Å²) in [5.74, 6) is 0.159. The summed E-state index contributed by atoms with van der Waals surface area (Å²) in [6.07, 6.45) is 3.54. The Morgan fingerprint density at radius 1 is 1.65 bits per heavy atom. The summed E-state index contributed by atoms with van der Waals surface area (Å²) in [6, 6.07) is 2.81. The standard InChI is InChI=1S/C12H20N4O/c1-9(2)16-6-5-11(15-16)8-13-10-3-4-12(17)14-7-10/h5-6,9-10,13H,3-4,7-8H2,1-2H3,(H,14,17). The number of rotatable bonds is 4. The molecule has 1 unspecified atom stereocenters. The molecule has 94 valence electrons. The molecule has 0 spiro atoms. The second kappa shape index (κ2) is 5.31. The Kier molecular flexibility index (Phi) is 3.78. The van der Waals surface area contributed by atoms with Crippen LogP contribution in [0.5, 0.6) is 0 Å². The van der Waals surface area contributed by atoms with Crippen molar-refractivity contribution in [2.24, 2.45) is 0 Å². The Hall–Kier alpha value is -1.36. The molecular formula is C12H20N4O. The molecule has 0 aliphatic carbocycles. The minimum Gasteiger partial charge on any atom is -0.355 e. The molecule has 1 aromatic heterocycles. The van der Waals surface area contributed by atoms with E-state index in [0.717, 1.165) is 25.2 Å². The number of amides is 1. The number of hydrogen-bond acceptors (Lipinski definition) is 3. The summed E-state index contributed by atoms with van der Waals surface area (Å²) in [5, 5.41) is 10.8. The van der Waals surface area contributed by atoms with Gasteiger partial charge in [0.2, 0.25) is 5.91 Å². The molecule has 1 amide bonds. The topological polar surface area (TPSA) is 59.0 Å². The quantitative estimate of drug-likeness (QED) is 0.814. The molecule has 5 nitrogen and oxygen atoms in total. The fraction of sp³-hybridized carbons (Fsp3) is 0.667. The van der Waals surface area contributed by atoms with Crippen molar-refractivity contribution in [3.63, 3.8) is 0 Å². The van der Waals surface area contributed by atoms with Gasteiger partial charge in [-0.2, -0.15) is 5.10 Å². The number of piperidine rings is 1. The maximum atomic E-state index is 11.0. The number of nitrogens with one attached hydrogen (secondary N) is 2. The third-order valence-electron chi connectivity index (χ3n) is 3.03. The SMILES string of the molecule is CC(C)n1ccc(CNC2CCC(=O)NC2)n1. The van der Waals surface area contributed by atoms with E-state index >= 15 is 0 Å². The fourth-order valence-corrected chi connectivity index (χ4v) is 1.92. The first-order chi connectivity index (χ1) is 8.15. The monoisotopic (exact) mass is 236 g/mol. The van der Waals surface area contributed by atoms with Crippen molar-refractivity contribution in [3.8, 4) is 0 Å². The zero-order valence-corrected chi connectivity index (χ0v) is 10.4. The molecule has 2 rings (SSSR count). The lowest BCUT2D eigenvalue weighted by molar-refractivity contribution is -0.122. The van der Waals surface area contributed by atoms with Gasteiger partial charge in [0.15, 0.2) is 0 Å². The predicted octanol–water partition coefficient (Wildman–Crippen LogP) is 0.832. The Morgan fingerprint density at radius 3 is 3.06 bits per heavy atom. The van der Waals surface area contributed by atoms with E-state index in [0.29, 0.717) is 18.5 Å². The molecule has 1 fully saturated rings. The van der Waals surface area contributed by atoms with Crippen molar-refractivity contribution >= 4 is 5.91 Å². The number of carbonyl (C=O) groups is 1. The highest BCUT2D eigenvalue weighted by atomic mass is 16.1. The normalized spacial score (nSPS) is 20.6. The van der Waals surface area contributed by atoms with E-state index in [1.54, 1.807) is 0 Å². The zero-order chi connectivity index (χ0) is 12.3. The van der Waals surface area contributed by atoms with Gasteiger partial charge in [-0.1, -0.05) is 0 Å². The van der Waals surface area contributed by atoms with Crippen LogP contribution >= 0.6 is 0 Å². The van der Waals surface area contributed by atoms with Gasteiger partial charge in [-0.25, -0.2) is 0 Å². The van der Waals surface area contributed by atoms with Crippen LogP contribution in [0, 0.1) is 0 Å². The molecule has 5 heteroatoms. The smallest absolute Gasteiger partial charge is 0.220 e. The lowest BCUT2D eigenvalue weighted by Gasteiger charge is -2.23. The Labute approximate surface area is 102 Å². The lowest BCUT2D eigenvalue weighted by Crippen LogP contribution is -2.45. The average molecular weight is 236 g/mol. The van der Waals surface area contributed by atoms with Crippen molar-refractivity contribution in [1.29, 1.82) is 0 Å². The molecule has 2 N–H and O–H groups in total. The molecule has 1 atom stereocenters. The highest BCUT2D eigenvalue weighted by Crippen LogP contribution is 2.06. The molecule has 0 radical (unpaired) electrons. The van der Waals surface area contributed by atoms with Gasteiger partial charge in [0.1, 0.15) is 0 Å². The van der Waals surface area contributed by atoms with Crippen molar-refractivity contribution in [1.82, 2.24) is 20.4 Å².